The lowest BCUT2D eigenvalue weighted by molar-refractivity contribution is 0.242. The Morgan fingerprint density at radius 1 is 1.30 bits per heavy atom. The number of ether oxygens (including phenoxy) is 1. The first-order valence-corrected chi connectivity index (χ1v) is 7.42. The number of aryl methyl sites for hydroxylation is 1. The normalized spacial score (nSPS) is 11.2. The molecule has 8 heteroatoms. The van der Waals surface area contributed by atoms with Crippen LogP contribution in [0.4, 0.5) is 5.82 Å². The van der Waals surface area contributed by atoms with Crippen LogP contribution in [0.2, 0.25) is 5.02 Å². The van der Waals surface area contributed by atoms with Gasteiger partial charge in [-0.2, -0.15) is 10.1 Å². The summed E-state index contributed by atoms with van der Waals surface area (Å²) >= 11 is 6.23. The molecule has 0 fully saturated rings. The molecule has 0 amide bonds. The zero-order chi connectivity index (χ0) is 16.6. The highest BCUT2D eigenvalue weighted by atomic mass is 35.5. The zero-order valence-corrected chi connectivity index (χ0v) is 13.7. The summed E-state index contributed by atoms with van der Waals surface area (Å²) in [5, 5.41) is 8.52. The van der Waals surface area contributed by atoms with Crippen molar-refractivity contribution in [1.82, 2.24) is 19.9 Å². The molecule has 1 aromatic carbocycles. The Hall–Kier alpha value is -2.54. The maximum atomic E-state index is 6.23. The summed E-state index contributed by atoms with van der Waals surface area (Å²) in [5.41, 5.74) is 7.04. The van der Waals surface area contributed by atoms with Crippen molar-refractivity contribution in [2.45, 2.75) is 20.0 Å². The van der Waals surface area contributed by atoms with Crippen LogP contribution in [0.25, 0.3) is 23.0 Å². The maximum absolute atomic E-state index is 6.23. The smallest absolute Gasteiger partial charge is 0.276 e. The second-order valence-corrected chi connectivity index (χ2v) is 5.72. The van der Waals surface area contributed by atoms with Gasteiger partial charge in [0.05, 0.1) is 11.1 Å². The number of anilines is 1. The third kappa shape index (κ3) is 3.14. The van der Waals surface area contributed by atoms with Gasteiger partial charge in [0.1, 0.15) is 17.3 Å². The monoisotopic (exact) mass is 333 g/mol. The molecule has 3 rings (SSSR count). The van der Waals surface area contributed by atoms with Gasteiger partial charge in [0.25, 0.3) is 5.89 Å². The van der Waals surface area contributed by atoms with Crippen molar-refractivity contribution in [3.05, 3.63) is 29.3 Å². The minimum Gasteiger partial charge on any atom is -0.489 e. The van der Waals surface area contributed by atoms with Crippen molar-refractivity contribution in [3.8, 4) is 28.7 Å². The molecule has 120 valence electrons. The number of aromatic nitrogens is 4. The van der Waals surface area contributed by atoms with Crippen LogP contribution in [0.3, 0.4) is 0 Å². The molecule has 23 heavy (non-hydrogen) atoms. The van der Waals surface area contributed by atoms with Crippen LogP contribution in [-0.2, 0) is 7.05 Å². The number of hydrogen-bond acceptors (Lipinski definition) is 6. The van der Waals surface area contributed by atoms with Gasteiger partial charge in [0.15, 0.2) is 0 Å². The molecule has 2 aromatic heterocycles. The van der Waals surface area contributed by atoms with Crippen LogP contribution < -0.4 is 10.5 Å². The SMILES string of the molecule is CC(C)Oc1ccc(-c2noc(-c3cc(N)nn3C)n2)cc1Cl. The van der Waals surface area contributed by atoms with E-state index in [2.05, 4.69) is 15.2 Å². The summed E-state index contributed by atoms with van der Waals surface area (Å²) in [6.45, 7) is 3.88. The molecule has 3 aromatic rings. The predicted octanol–water partition coefficient (Wildman–Crippen LogP) is 3.16. The fourth-order valence-corrected chi connectivity index (χ4v) is 2.35. The fourth-order valence-electron chi connectivity index (χ4n) is 2.12. The molecule has 2 heterocycles. The third-order valence-corrected chi connectivity index (χ3v) is 3.39. The zero-order valence-electron chi connectivity index (χ0n) is 12.9. The Balaban J connectivity index is 1.91. The van der Waals surface area contributed by atoms with E-state index in [4.69, 9.17) is 26.6 Å². The first-order chi connectivity index (χ1) is 10.9. The lowest BCUT2D eigenvalue weighted by Crippen LogP contribution is -2.05. The number of nitrogen functional groups attached to an aromatic ring is 1. The van der Waals surface area contributed by atoms with E-state index in [1.54, 1.807) is 29.9 Å². The van der Waals surface area contributed by atoms with Crippen molar-refractivity contribution in [2.24, 2.45) is 7.05 Å². The van der Waals surface area contributed by atoms with E-state index in [9.17, 15) is 0 Å². The third-order valence-electron chi connectivity index (χ3n) is 3.10. The van der Waals surface area contributed by atoms with Gasteiger partial charge in [-0.1, -0.05) is 16.8 Å². The second-order valence-electron chi connectivity index (χ2n) is 5.31. The second kappa shape index (κ2) is 5.92. The summed E-state index contributed by atoms with van der Waals surface area (Å²) < 4.78 is 12.5. The first-order valence-electron chi connectivity index (χ1n) is 7.04. The van der Waals surface area contributed by atoms with E-state index in [0.29, 0.717) is 34.0 Å². The molecular weight excluding hydrogens is 318 g/mol. The minimum atomic E-state index is 0.0467. The maximum Gasteiger partial charge on any atom is 0.276 e. The number of halogens is 1. The van der Waals surface area contributed by atoms with Crippen molar-refractivity contribution in [2.75, 3.05) is 5.73 Å². The molecule has 0 unspecified atom stereocenters. The molecule has 0 radical (unpaired) electrons. The van der Waals surface area contributed by atoms with Gasteiger partial charge in [-0.15, -0.1) is 0 Å². The number of nitrogens with two attached hydrogens (primary N) is 1. The van der Waals surface area contributed by atoms with Crippen molar-refractivity contribution in [1.29, 1.82) is 0 Å². The highest BCUT2D eigenvalue weighted by molar-refractivity contribution is 6.32. The number of benzene rings is 1. The molecule has 0 spiro atoms. The summed E-state index contributed by atoms with van der Waals surface area (Å²) in [6, 6.07) is 7.03. The molecule has 7 nitrogen and oxygen atoms in total. The topological polar surface area (TPSA) is 92.0 Å². The van der Waals surface area contributed by atoms with Crippen LogP contribution in [-0.4, -0.2) is 26.0 Å². The fraction of sp³-hybridized carbons (Fsp3) is 0.267. The summed E-state index contributed by atoms with van der Waals surface area (Å²) in [4.78, 5) is 4.36. The number of rotatable bonds is 4. The Kier molecular flexibility index (Phi) is 3.96. The number of nitrogens with zero attached hydrogens (tertiary/aromatic N) is 4. The van der Waals surface area contributed by atoms with Crippen LogP contribution in [0.15, 0.2) is 28.8 Å². The molecule has 2 N–H and O–H groups in total. The van der Waals surface area contributed by atoms with Gasteiger partial charge in [0.2, 0.25) is 5.82 Å². The van der Waals surface area contributed by atoms with Gasteiger partial charge in [0, 0.05) is 18.7 Å². The van der Waals surface area contributed by atoms with E-state index in [0.717, 1.165) is 5.56 Å². The highest BCUT2D eigenvalue weighted by Crippen LogP contribution is 2.31. The summed E-state index contributed by atoms with van der Waals surface area (Å²) in [6.07, 6.45) is 0.0467. The number of hydrogen-bond donors (Lipinski definition) is 1. The van der Waals surface area contributed by atoms with Crippen molar-refractivity contribution in [3.63, 3.8) is 0 Å². The predicted molar refractivity (Wildman–Crippen MR) is 87.1 cm³/mol. The highest BCUT2D eigenvalue weighted by Gasteiger charge is 2.16. The molecule has 0 aliphatic heterocycles. The van der Waals surface area contributed by atoms with Crippen molar-refractivity contribution < 1.29 is 9.26 Å². The average molecular weight is 334 g/mol. The molecule has 0 aliphatic carbocycles. The molecule has 0 aliphatic rings. The van der Waals surface area contributed by atoms with Crippen LogP contribution in [0.1, 0.15) is 13.8 Å². The van der Waals surface area contributed by atoms with E-state index in [1.807, 2.05) is 19.9 Å². The molecule has 0 bridgehead atoms. The molecule has 0 atom stereocenters. The van der Waals surface area contributed by atoms with Gasteiger partial charge in [-0.05, 0) is 32.0 Å². The molecule has 0 saturated heterocycles. The minimum absolute atomic E-state index is 0.0467. The van der Waals surface area contributed by atoms with Crippen LogP contribution in [0, 0.1) is 0 Å². The van der Waals surface area contributed by atoms with Crippen molar-refractivity contribution >= 4 is 17.4 Å². The van der Waals surface area contributed by atoms with E-state index in [1.165, 1.54) is 0 Å². The van der Waals surface area contributed by atoms with Gasteiger partial charge < -0.3 is 15.0 Å². The first kappa shape index (κ1) is 15.4. The van der Waals surface area contributed by atoms with Gasteiger partial charge in [-0.3, -0.25) is 4.68 Å². The Morgan fingerprint density at radius 2 is 2.09 bits per heavy atom. The lowest BCUT2D eigenvalue weighted by atomic mass is 10.2. The quantitative estimate of drug-likeness (QED) is 0.788. The van der Waals surface area contributed by atoms with E-state index >= 15 is 0 Å². The lowest BCUT2D eigenvalue weighted by Gasteiger charge is -2.11. The van der Waals surface area contributed by atoms with Gasteiger partial charge in [-0.25, -0.2) is 0 Å². The average Bonchev–Trinajstić information content (AvgIpc) is 3.07. The Bertz CT molecular complexity index is 840. The Labute approximate surface area is 138 Å². The summed E-state index contributed by atoms with van der Waals surface area (Å²) in [5.74, 6) is 1.78. The standard InChI is InChI=1S/C15H16ClN5O2/c1-8(2)22-12-5-4-9(6-10(12)16)14-18-15(23-20-14)11-7-13(17)19-21(11)3/h4-8H,1-3H3,(H2,17,19). The largest absolute Gasteiger partial charge is 0.489 e. The molecule has 0 saturated carbocycles. The van der Waals surface area contributed by atoms with Gasteiger partial charge >= 0.3 is 0 Å². The van der Waals surface area contributed by atoms with Crippen LogP contribution >= 0.6 is 11.6 Å². The van der Waals surface area contributed by atoms with Crippen LogP contribution in [0.5, 0.6) is 5.75 Å². The summed E-state index contributed by atoms with van der Waals surface area (Å²) in [7, 11) is 1.75. The van der Waals surface area contributed by atoms with E-state index in [-0.39, 0.29) is 6.10 Å². The van der Waals surface area contributed by atoms with E-state index < -0.39 is 0 Å². The molecular formula is C15H16ClN5O2. The Morgan fingerprint density at radius 3 is 2.70 bits per heavy atom.